The minimum absolute atomic E-state index is 0. The Labute approximate surface area is 123 Å². The van der Waals surface area contributed by atoms with Crippen LogP contribution >= 0.6 is 0 Å². The van der Waals surface area contributed by atoms with Crippen LogP contribution in [0.3, 0.4) is 0 Å². The number of allylic oxidation sites excluding steroid dienone is 1. The fourth-order valence-electron chi connectivity index (χ4n) is 0.990. The Morgan fingerprint density at radius 1 is 1.46 bits per heavy atom. The van der Waals surface area contributed by atoms with E-state index < -0.39 is 0 Å². The van der Waals surface area contributed by atoms with Crippen molar-refractivity contribution in [1.82, 2.24) is 0 Å². The van der Waals surface area contributed by atoms with Crippen molar-refractivity contribution in [3.05, 3.63) is 29.8 Å². The zero-order valence-electron chi connectivity index (χ0n) is 9.24. The van der Waals surface area contributed by atoms with E-state index in [-0.39, 0.29) is 58.6 Å². The summed E-state index contributed by atoms with van der Waals surface area (Å²) in [4.78, 5) is 0. The Bertz CT molecular complexity index is 300. The molecule has 1 aromatic carbocycles. The van der Waals surface area contributed by atoms with Gasteiger partial charge in [-0.3, -0.25) is 0 Å². The third kappa shape index (κ3) is 3.83. The number of hydrogen-bond donors (Lipinski definition) is 1. The summed E-state index contributed by atoms with van der Waals surface area (Å²) in [5.41, 5.74) is 1.02. The minimum Gasteiger partial charge on any atom is -1.00 e. The average molecular weight is 204 g/mol. The van der Waals surface area contributed by atoms with Gasteiger partial charge in [0.05, 0.1) is 7.11 Å². The molecule has 0 aliphatic carbocycles. The van der Waals surface area contributed by atoms with Crippen LogP contribution in [0.15, 0.2) is 24.3 Å². The molecular weight excluding hydrogens is 191 g/mol. The molecule has 0 saturated carbocycles. The summed E-state index contributed by atoms with van der Waals surface area (Å²) in [5, 5.41) is 9.25. The zero-order chi connectivity index (χ0) is 8.97. The number of rotatable bonds is 2. The van der Waals surface area contributed by atoms with Gasteiger partial charge >= 0.3 is 51.4 Å². The van der Waals surface area contributed by atoms with Gasteiger partial charge in [0.15, 0.2) is 11.5 Å². The van der Waals surface area contributed by atoms with E-state index in [1.54, 1.807) is 12.1 Å². The Morgan fingerprint density at radius 3 is 2.69 bits per heavy atom. The van der Waals surface area contributed by atoms with Crippen LogP contribution in [0.1, 0.15) is 13.9 Å². The maximum atomic E-state index is 9.25. The number of hydrogen-bond acceptors (Lipinski definition) is 2. The van der Waals surface area contributed by atoms with Gasteiger partial charge in [0.2, 0.25) is 0 Å². The SMILES string of the molecule is C/C=C/c1ccc(O)c(OC)c1.[H-].[K+]. The van der Waals surface area contributed by atoms with Crippen molar-refractivity contribution < 1.29 is 62.7 Å². The summed E-state index contributed by atoms with van der Waals surface area (Å²) in [5.74, 6) is 0.677. The normalized spacial score (nSPS) is 9.69. The van der Waals surface area contributed by atoms with Crippen molar-refractivity contribution in [2.75, 3.05) is 7.11 Å². The number of phenols is 1. The first-order chi connectivity index (χ1) is 5.77. The molecule has 0 atom stereocenters. The molecule has 0 spiro atoms. The molecule has 0 aliphatic rings. The van der Waals surface area contributed by atoms with Crippen molar-refractivity contribution in [2.24, 2.45) is 0 Å². The largest absolute Gasteiger partial charge is 1.00 e. The molecule has 0 amide bonds. The Morgan fingerprint density at radius 2 is 2.15 bits per heavy atom. The van der Waals surface area contributed by atoms with Crippen LogP contribution in [-0.4, -0.2) is 12.2 Å². The average Bonchev–Trinajstić information content (AvgIpc) is 2.09. The molecule has 0 aromatic heterocycles. The number of benzene rings is 1. The molecule has 0 bridgehead atoms. The van der Waals surface area contributed by atoms with Gasteiger partial charge in [-0.25, -0.2) is 0 Å². The fourth-order valence-corrected chi connectivity index (χ4v) is 0.990. The van der Waals surface area contributed by atoms with Gasteiger partial charge in [-0.05, 0) is 24.6 Å². The summed E-state index contributed by atoms with van der Waals surface area (Å²) < 4.78 is 4.95. The predicted molar refractivity (Wildman–Crippen MR) is 50.5 cm³/mol. The van der Waals surface area contributed by atoms with E-state index in [2.05, 4.69) is 0 Å². The van der Waals surface area contributed by atoms with E-state index in [0.29, 0.717) is 5.75 Å². The molecule has 1 rings (SSSR count). The maximum absolute atomic E-state index is 9.25. The van der Waals surface area contributed by atoms with E-state index in [1.165, 1.54) is 7.11 Å². The molecule has 3 heteroatoms. The second kappa shape index (κ2) is 6.62. The van der Waals surface area contributed by atoms with Crippen molar-refractivity contribution in [3.8, 4) is 11.5 Å². The summed E-state index contributed by atoms with van der Waals surface area (Å²) in [7, 11) is 1.54. The molecule has 0 aliphatic heterocycles. The van der Waals surface area contributed by atoms with Gasteiger partial charge in [0.1, 0.15) is 0 Å². The van der Waals surface area contributed by atoms with Gasteiger partial charge in [0, 0.05) is 0 Å². The predicted octanol–water partition coefficient (Wildman–Crippen LogP) is -0.450. The third-order valence-corrected chi connectivity index (χ3v) is 1.56. The van der Waals surface area contributed by atoms with Crippen LogP contribution in [0.25, 0.3) is 6.08 Å². The molecule has 1 aromatic rings. The van der Waals surface area contributed by atoms with Gasteiger partial charge in [-0.15, -0.1) is 0 Å². The van der Waals surface area contributed by atoms with E-state index >= 15 is 0 Å². The van der Waals surface area contributed by atoms with Crippen LogP contribution in [-0.2, 0) is 0 Å². The molecule has 66 valence electrons. The van der Waals surface area contributed by atoms with Crippen LogP contribution in [0.4, 0.5) is 0 Å². The van der Waals surface area contributed by atoms with E-state index in [9.17, 15) is 5.11 Å². The van der Waals surface area contributed by atoms with E-state index in [0.717, 1.165) is 5.56 Å². The molecule has 1 N–H and O–H groups in total. The van der Waals surface area contributed by atoms with Crippen LogP contribution in [0, 0.1) is 0 Å². The summed E-state index contributed by atoms with van der Waals surface area (Å²) >= 11 is 0. The Balaban J connectivity index is 0. The quantitative estimate of drug-likeness (QED) is 0.661. The van der Waals surface area contributed by atoms with Crippen molar-refractivity contribution >= 4 is 6.08 Å². The fraction of sp³-hybridized carbons (Fsp3) is 0.200. The molecule has 13 heavy (non-hydrogen) atoms. The van der Waals surface area contributed by atoms with E-state index in [4.69, 9.17) is 4.74 Å². The Hall–Kier alpha value is 0.196. The topological polar surface area (TPSA) is 29.5 Å². The smallest absolute Gasteiger partial charge is 1.00 e. The first-order valence-corrected chi connectivity index (χ1v) is 3.77. The van der Waals surface area contributed by atoms with Gasteiger partial charge in [-0.2, -0.15) is 0 Å². The van der Waals surface area contributed by atoms with Gasteiger partial charge in [-0.1, -0.05) is 18.2 Å². The maximum Gasteiger partial charge on any atom is 1.00 e. The van der Waals surface area contributed by atoms with Gasteiger partial charge in [0.25, 0.3) is 0 Å². The zero-order valence-corrected chi connectivity index (χ0v) is 11.4. The Kier molecular flexibility index (Phi) is 6.72. The number of aromatic hydroxyl groups is 1. The standard InChI is InChI=1S/C10H12O2.K.H/c1-3-4-8-5-6-9(11)10(7-8)12-2;;/h3-7,11H,1-2H3;;/q;+1;-1/b4-3+;;. The molecular formula is C10H13KO2. The number of methoxy groups -OCH3 is 1. The molecule has 0 heterocycles. The molecule has 0 unspecified atom stereocenters. The molecule has 0 fully saturated rings. The van der Waals surface area contributed by atoms with Crippen molar-refractivity contribution in [1.29, 1.82) is 0 Å². The summed E-state index contributed by atoms with van der Waals surface area (Å²) in [6.07, 6.45) is 3.88. The second-order valence-corrected chi connectivity index (χ2v) is 2.43. The van der Waals surface area contributed by atoms with E-state index in [1.807, 2.05) is 25.1 Å². The first-order valence-electron chi connectivity index (χ1n) is 3.77. The van der Waals surface area contributed by atoms with Crippen LogP contribution in [0.5, 0.6) is 11.5 Å². The van der Waals surface area contributed by atoms with Crippen molar-refractivity contribution in [3.63, 3.8) is 0 Å². The second-order valence-electron chi connectivity index (χ2n) is 2.43. The van der Waals surface area contributed by atoms with Crippen molar-refractivity contribution in [2.45, 2.75) is 6.92 Å². The number of phenolic OH excluding ortho intramolecular Hbond substituents is 1. The molecule has 0 radical (unpaired) electrons. The van der Waals surface area contributed by atoms with Gasteiger partial charge < -0.3 is 11.3 Å². The van der Waals surface area contributed by atoms with Crippen LogP contribution < -0.4 is 56.1 Å². The molecule has 0 saturated heterocycles. The summed E-state index contributed by atoms with van der Waals surface area (Å²) in [6, 6.07) is 5.24. The van der Waals surface area contributed by atoms with Crippen LogP contribution in [0.2, 0.25) is 0 Å². The molecule has 2 nitrogen and oxygen atoms in total. The third-order valence-electron chi connectivity index (χ3n) is 1.56. The minimum atomic E-state index is 0. The monoisotopic (exact) mass is 204 g/mol. The number of ether oxygens (including phenoxy) is 1. The summed E-state index contributed by atoms with van der Waals surface area (Å²) in [6.45, 7) is 1.94. The first kappa shape index (κ1) is 13.2.